The molecule has 0 aliphatic carbocycles. The molecular weight excluding hydrogens is 467 g/mol. The Hall–Kier alpha value is -4.44. The van der Waals surface area contributed by atoms with E-state index in [1.165, 1.54) is 32.5 Å². The molecule has 6 rings (SSSR count). The molecule has 0 bridgehead atoms. The van der Waals surface area contributed by atoms with E-state index >= 15 is 0 Å². The molecule has 4 heteroatoms. The highest BCUT2D eigenvalue weighted by atomic mass is 16.5. The van der Waals surface area contributed by atoms with Gasteiger partial charge in [-0.15, -0.1) is 0 Å². The maximum Gasteiger partial charge on any atom is 0.126 e. The van der Waals surface area contributed by atoms with Crippen LogP contribution in [0.5, 0.6) is 17.2 Å². The Balaban J connectivity index is 1.80. The molecule has 0 amide bonds. The zero-order valence-electron chi connectivity index (χ0n) is 22.2. The van der Waals surface area contributed by atoms with Crippen LogP contribution in [0.1, 0.15) is 0 Å². The maximum atomic E-state index is 5.78. The molecule has 6 aromatic rings. The number of methoxy groups -OCH3 is 3. The SMILES string of the molecule is COc1cccc2c([B-](C)(c3cccc4c(OC)cccc34)c3cccc4c(OC)cccc34)cccc12. The van der Waals surface area contributed by atoms with E-state index in [2.05, 4.69) is 97.8 Å². The first-order chi connectivity index (χ1) is 18.6. The summed E-state index contributed by atoms with van der Waals surface area (Å²) in [6, 6.07) is 38.7. The second-order valence-electron chi connectivity index (χ2n) is 10.0. The lowest BCUT2D eigenvalue weighted by Gasteiger charge is -2.42. The third-order valence-electron chi connectivity index (χ3n) is 8.27. The molecule has 0 aliphatic heterocycles. The molecule has 0 unspecified atom stereocenters. The first-order valence-electron chi connectivity index (χ1n) is 13.0. The Kier molecular flexibility index (Phi) is 5.96. The molecule has 0 fully saturated rings. The van der Waals surface area contributed by atoms with E-state index in [1.54, 1.807) is 21.3 Å². The van der Waals surface area contributed by atoms with Crippen LogP contribution in [0.4, 0.5) is 0 Å². The van der Waals surface area contributed by atoms with Gasteiger partial charge in [-0.2, -0.15) is 23.2 Å². The molecule has 0 saturated carbocycles. The number of fused-ring (bicyclic) bond motifs is 3. The van der Waals surface area contributed by atoms with Gasteiger partial charge in [0, 0.05) is 16.2 Å². The molecule has 0 radical (unpaired) electrons. The Labute approximate surface area is 223 Å². The van der Waals surface area contributed by atoms with Gasteiger partial charge in [-0.1, -0.05) is 91.0 Å². The average Bonchev–Trinajstić information content (AvgIpc) is 2.98. The van der Waals surface area contributed by atoms with Gasteiger partial charge < -0.3 is 14.2 Å². The van der Waals surface area contributed by atoms with Crippen LogP contribution in [-0.2, 0) is 0 Å². The van der Waals surface area contributed by atoms with E-state index in [-0.39, 0.29) is 0 Å². The van der Waals surface area contributed by atoms with Crippen molar-refractivity contribution in [3.05, 3.63) is 109 Å². The van der Waals surface area contributed by atoms with E-state index in [0.29, 0.717) is 0 Å². The summed E-state index contributed by atoms with van der Waals surface area (Å²) in [5.74, 6) is 2.63. The predicted octanol–water partition coefficient (Wildman–Crippen LogP) is 6.27. The standard InChI is InChI=1S/C34H30BO3/c1-35(29-17-5-14-26-23(29)11-8-20-32(26)36-2,30-18-6-15-27-24(30)12-9-21-33(27)37-3)31-19-7-16-28-25(31)13-10-22-34(28)38-4/h5-22H,1-4H3/q-1. The normalized spacial score (nSPS) is 11.7. The van der Waals surface area contributed by atoms with Gasteiger partial charge in [-0.05, 0) is 34.4 Å². The summed E-state index contributed by atoms with van der Waals surface area (Å²) < 4.78 is 17.3. The molecule has 0 saturated heterocycles. The Morgan fingerprint density at radius 2 is 0.632 bits per heavy atom. The summed E-state index contributed by atoms with van der Waals surface area (Å²) >= 11 is 0. The van der Waals surface area contributed by atoms with Gasteiger partial charge in [0.2, 0.25) is 0 Å². The second-order valence-corrected chi connectivity index (χ2v) is 10.0. The fourth-order valence-corrected chi connectivity index (χ4v) is 6.46. The number of hydrogen-bond acceptors (Lipinski definition) is 3. The lowest BCUT2D eigenvalue weighted by molar-refractivity contribution is 0.420. The van der Waals surface area contributed by atoms with Crippen LogP contribution in [-0.4, -0.2) is 27.5 Å². The number of hydrogen-bond donors (Lipinski definition) is 0. The first kappa shape index (κ1) is 23.9. The van der Waals surface area contributed by atoms with Gasteiger partial charge >= 0.3 is 0 Å². The number of benzene rings is 6. The topological polar surface area (TPSA) is 27.7 Å². The van der Waals surface area contributed by atoms with E-state index in [9.17, 15) is 0 Å². The minimum atomic E-state index is -1.48. The van der Waals surface area contributed by atoms with E-state index < -0.39 is 6.15 Å². The minimum absolute atomic E-state index is 0.877. The first-order valence-corrected chi connectivity index (χ1v) is 13.0. The van der Waals surface area contributed by atoms with Crippen molar-refractivity contribution in [3.63, 3.8) is 0 Å². The monoisotopic (exact) mass is 497 g/mol. The third-order valence-corrected chi connectivity index (χ3v) is 8.27. The van der Waals surface area contributed by atoms with Crippen molar-refractivity contribution in [1.82, 2.24) is 0 Å². The van der Waals surface area contributed by atoms with Crippen LogP contribution >= 0.6 is 0 Å². The van der Waals surface area contributed by atoms with Gasteiger partial charge in [0.25, 0.3) is 0 Å². The van der Waals surface area contributed by atoms with Crippen molar-refractivity contribution < 1.29 is 14.2 Å². The van der Waals surface area contributed by atoms with Crippen LogP contribution < -0.4 is 30.6 Å². The molecular formula is C34H30BO3-. The molecule has 0 heterocycles. The smallest absolute Gasteiger partial charge is 0.126 e. The summed E-state index contributed by atoms with van der Waals surface area (Å²) in [5.41, 5.74) is 3.81. The van der Waals surface area contributed by atoms with Crippen LogP contribution in [0, 0.1) is 0 Å². The summed E-state index contributed by atoms with van der Waals surface area (Å²) in [4.78, 5) is 0. The predicted molar refractivity (Wildman–Crippen MR) is 162 cm³/mol. The highest BCUT2D eigenvalue weighted by molar-refractivity contribution is 7.13. The Morgan fingerprint density at radius 3 is 0.921 bits per heavy atom. The Bertz CT molecular complexity index is 1600. The molecule has 0 spiro atoms. The molecule has 0 atom stereocenters. The van der Waals surface area contributed by atoms with Crippen LogP contribution in [0.25, 0.3) is 32.3 Å². The van der Waals surface area contributed by atoms with Crippen molar-refractivity contribution in [2.75, 3.05) is 21.3 Å². The summed E-state index contributed by atoms with van der Waals surface area (Å²) in [6.45, 7) is 2.40. The molecule has 38 heavy (non-hydrogen) atoms. The quantitative estimate of drug-likeness (QED) is 0.254. The molecule has 0 aliphatic rings. The largest absolute Gasteiger partial charge is 0.496 e. The van der Waals surface area contributed by atoms with Crippen molar-refractivity contribution in [1.29, 1.82) is 0 Å². The lowest BCUT2D eigenvalue weighted by atomic mass is 9.16. The van der Waals surface area contributed by atoms with Crippen molar-refractivity contribution in [2.24, 2.45) is 0 Å². The molecule has 6 aromatic carbocycles. The van der Waals surface area contributed by atoms with Crippen molar-refractivity contribution in [3.8, 4) is 17.2 Å². The lowest BCUT2D eigenvalue weighted by Crippen LogP contribution is -2.65. The van der Waals surface area contributed by atoms with Gasteiger partial charge in [0.1, 0.15) is 17.2 Å². The molecule has 188 valence electrons. The number of ether oxygens (including phenoxy) is 3. The third kappa shape index (κ3) is 3.52. The summed E-state index contributed by atoms with van der Waals surface area (Å²) in [5, 5.41) is 6.89. The summed E-state index contributed by atoms with van der Waals surface area (Å²) in [6.07, 6.45) is -1.48. The van der Waals surface area contributed by atoms with Crippen molar-refractivity contribution >= 4 is 54.9 Å². The fraction of sp³-hybridized carbons (Fsp3) is 0.118. The highest BCUT2D eigenvalue weighted by Gasteiger charge is 2.30. The van der Waals surface area contributed by atoms with Gasteiger partial charge in [0.05, 0.1) is 27.5 Å². The van der Waals surface area contributed by atoms with Crippen LogP contribution in [0.3, 0.4) is 0 Å². The van der Waals surface area contributed by atoms with E-state index in [0.717, 1.165) is 33.4 Å². The summed E-state index contributed by atoms with van der Waals surface area (Å²) in [7, 11) is 5.21. The van der Waals surface area contributed by atoms with Crippen LogP contribution in [0.15, 0.2) is 109 Å². The van der Waals surface area contributed by atoms with E-state index in [1.807, 2.05) is 18.2 Å². The second kappa shape index (κ2) is 9.46. The highest BCUT2D eigenvalue weighted by Crippen LogP contribution is 2.31. The van der Waals surface area contributed by atoms with Crippen molar-refractivity contribution in [2.45, 2.75) is 6.82 Å². The van der Waals surface area contributed by atoms with Gasteiger partial charge in [-0.3, -0.25) is 0 Å². The maximum absolute atomic E-state index is 5.78. The number of rotatable bonds is 6. The molecule has 3 nitrogen and oxygen atoms in total. The molecule has 0 aromatic heterocycles. The fourth-order valence-electron chi connectivity index (χ4n) is 6.46. The zero-order chi connectivity index (χ0) is 26.3. The van der Waals surface area contributed by atoms with Gasteiger partial charge in [0.15, 0.2) is 0 Å². The zero-order valence-corrected chi connectivity index (χ0v) is 22.2. The van der Waals surface area contributed by atoms with Crippen LogP contribution in [0.2, 0.25) is 6.82 Å². The van der Waals surface area contributed by atoms with Gasteiger partial charge in [-0.25, -0.2) is 0 Å². The molecule has 0 N–H and O–H groups in total. The minimum Gasteiger partial charge on any atom is -0.496 e. The Morgan fingerprint density at radius 1 is 0.368 bits per heavy atom. The average molecular weight is 497 g/mol. The van der Waals surface area contributed by atoms with E-state index in [4.69, 9.17) is 14.2 Å².